The molecule has 0 atom stereocenters. The second-order valence-corrected chi connectivity index (χ2v) is 8.44. The van der Waals surface area contributed by atoms with Gasteiger partial charge in [-0.05, 0) is 57.2 Å². The minimum absolute atomic E-state index is 0. The Morgan fingerprint density at radius 2 is 1.23 bits per heavy atom. The summed E-state index contributed by atoms with van der Waals surface area (Å²) in [6.45, 7) is 5.19. The zero-order valence-electron chi connectivity index (χ0n) is 22.7. The predicted octanol–water partition coefficient (Wildman–Crippen LogP) is 6.55. The minimum atomic E-state index is -1.30. The number of carboxylic acid groups (broad SMARTS) is 1. The Labute approximate surface area is 236 Å². The highest BCUT2D eigenvalue weighted by molar-refractivity contribution is 5.88. The molecule has 3 aromatic rings. The van der Waals surface area contributed by atoms with Gasteiger partial charge in [0.15, 0.2) is 34.7 Å². The smallest absolute Gasteiger partial charge is 0.412 e. The van der Waals surface area contributed by atoms with Crippen LogP contribution in [-0.4, -0.2) is 44.1 Å². The first-order chi connectivity index (χ1) is 18.2. The molecule has 0 aliphatic carbocycles. The molecule has 0 aliphatic heterocycles. The lowest BCUT2D eigenvalue weighted by molar-refractivity contribution is 0.0633. The van der Waals surface area contributed by atoms with Crippen LogP contribution in [0.25, 0.3) is 0 Å². The topological polar surface area (TPSA) is 129 Å². The number of amides is 1. The number of nitrogens with two attached hydrogens (primary N) is 1. The van der Waals surface area contributed by atoms with Gasteiger partial charge in [-0.15, -0.1) is 12.4 Å². The molecule has 0 unspecified atom stereocenters. The lowest BCUT2D eigenvalue weighted by Gasteiger charge is -2.20. The fraction of sp³-hybridized carbons (Fsp3) is 0.259. The second kappa shape index (κ2) is 16.6. The number of aromatic carboxylic acids is 1. The summed E-state index contributed by atoms with van der Waals surface area (Å²) in [5.74, 6) is -3.07. The summed E-state index contributed by atoms with van der Waals surface area (Å²) in [6, 6.07) is 13.1. The van der Waals surface area contributed by atoms with E-state index in [4.69, 9.17) is 20.3 Å². The molecular formula is C27H32ClF3N2O7. The van der Waals surface area contributed by atoms with Crippen molar-refractivity contribution in [3.63, 3.8) is 0 Å². The van der Waals surface area contributed by atoms with Crippen LogP contribution >= 0.6 is 12.4 Å². The van der Waals surface area contributed by atoms with E-state index in [1.165, 1.54) is 63.8 Å². The second-order valence-electron chi connectivity index (χ2n) is 8.44. The van der Waals surface area contributed by atoms with Gasteiger partial charge >= 0.3 is 12.1 Å². The van der Waals surface area contributed by atoms with E-state index in [0.29, 0.717) is 0 Å². The zero-order valence-corrected chi connectivity index (χ0v) is 23.5. The Morgan fingerprint density at radius 1 is 0.775 bits per heavy atom. The fourth-order valence-corrected chi connectivity index (χ4v) is 2.70. The van der Waals surface area contributed by atoms with Crippen LogP contribution in [0.5, 0.6) is 17.2 Å². The molecule has 9 nitrogen and oxygen atoms in total. The summed E-state index contributed by atoms with van der Waals surface area (Å²) < 4.78 is 58.5. The number of halogens is 4. The molecule has 0 saturated heterocycles. The molecule has 1 amide bonds. The molecule has 0 saturated carbocycles. The third kappa shape index (κ3) is 11.2. The van der Waals surface area contributed by atoms with Crippen LogP contribution in [0.4, 0.5) is 29.3 Å². The lowest BCUT2D eigenvalue weighted by Crippen LogP contribution is -2.27. The standard InChI is InChI=1S/C12H16FNO3.C8H7FO3.C7H8FNO.ClH/c1-12(2,3)17-11(15)14-8-6-5-7-9(16-4)10(8)13;1-12-6-4-2-3-5(7(6)9)8(10)11;1-10-6-4-2-3-5(9)7(6)8;/h5-7H,1-4H3,(H,14,15);2-4H,1H3,(H,10,11);2-4H,9H2,1H3;1H. The fourth-order valence-electron chi connectivity index (χ4n) is 2.70. The highest BCUT2D eigenvalue weighted by Crippen LogP contribution is 2.24. The predicted molar refractivity (Wildman–Crippen MR) is 147 cm³/mol. The molecule has 220 valence electrons. The van der Waals surface area contributed by atoms with Crippen molar-refractivity contribution in [3.05, 3.63) is 77.6 Å². The van der Waals surface area contributed by atoms with Gasteiger partial charge in [0.2, 0.25) is 0 Å². The maximum absolute atomic E-state index is 13.7. The summed E-state index contributed by atoms with van der Waals surface area (Å²) in [7, 11) is 4.04. The van der Waals surface area contributed by atoms with E-state index in [1.807, 2.05) is 0 Å². The Morgan fingerprint density at radius 3 is 1.68 bits per heavy atom. The molecule has 0 aliphatic rings. The van der Waals surface area contributed by atoms with Crippen molar-refractivity contribution in [3.8, 4) is 17.2 Å². The van der Waals surface area contributed by atoms with Crippen LogP contribution in [0.2, 0.25) is 0 Å². The monoisotopic (exact) mass is 588 g/mol. The van der Waals surface area contributed by atoms with Crippen LogP contribution in [0.3, 0.4) is 0 Å². The summed E-state index contributed by atoms with van der Waals surface area (Å²) >= 11 is 0. The largest absolute Gasteiger partial charge is 0.494 e. The van der Waals surface area contributed by atoms with Crippen molar-refractivity contribution in [1.29, 1.82) is 0 Å². The summed E-state index contributed by atoms with van der Waals surface area (Å²) in [4.78, 5) is 21.8. The van der Waals surface area contributed by atoms with Gasteiger partial charge in [-0.2, -0.15) is 0 Å². The summed E-state index contributed by atoms with van der Waals surface area (Å²) in [5, 5.41) is 10.8. The first-order valence-corrected chi connectivity index (χ1v) is 11.2. The molecule has 0 heterocycles. The van der Waals surface area contributed by atoms with Gasteiger partial charge in [0, 0.05) is 0 Å². The normalized spacial score (nSPS) is 9.82. The van der Waals surface area contributed by atoms with Gasteiger partial charge in [-0.1, -0.05) is 18.2 Å². The number of hydrogen-bond donors (Lipinski definition) is 3. The van der Waals surface area contributed by atoms with E-state index >= 15 is 0 Å². The molecule has 4 N–H and O–H groups in total. The van der Waals surface area contributed by atoms with Crippen LogP contribution in [0, 0.1) is 17.5 Å². The number of nitrogens with one attached hydrogen (secondary N) is 1. The van der Waals surface area contributed by atoms with Crippen molar-refractivity contribution >= 4 is 35.8 Å². The van der Waals surface area contributed by atoms with Gasteiger partial charge in [0.1, 0.15) is 5.60 Å². The number of hydrogen-bond acceptors (Lipinski definition) is 7. The van der Waals surface area contributed by atoms with Crippen molar-refractivity contribution in [1.82, 2.24) is 0 Å². The molecular weight excluding hydrogens is 557 g/mol. The molecule has 3 rings (SSSR count). The number of anilines is 2. The average Bonchev–Trinajstić information content (AvgIpc) is 2.86. The molecule has 0 fully saturated rings. The van der Waals surface area contributed by atoms with Crippen molar-refractivity contribution < 1.29 is 46.8 Å². The van der Waals surface area contributed by atoms with Crippen LogP contribution in [0.1, 0.15) is 31.1 Å². The van der Waals surface area contributed by atoms with Crippen LogP contribution in [-0.2, 0) is 4.74 Å². The number of ether oxygens (including phenoxy) is 4. The number of benzene rings is 3. The van der Waals surface area contributed by atoms with Gasteiger partial charge < -0.3 is 29.8 Å². The van der Waals surface area contributed by atoms with Crippen molar-refractivity contribution in [2.24, 2.45) is 0 Å². The average molecular weight is 589 g/mol. The van der Waals surface area contributed by atoms with Gasteiger partial charge in [0.25, 0.3) is 0 Å². The first-order valence-electron chi connectivity index (χ1n) is 11.2. The molecule has 0 radical (unpaired) electrons. The Balaban J connectivity index is 0.000000585. The number of methoxy groups -OCH3 is 3. The quantitative estimate of drug-likeness (QED) is 0.286. The maximum atomic E-state index is 13.7. The first kappa shape index (κ1) is 35.7. The Kier molecular flexibility index (Phi) is 14.8. The van der Waals surface area contributed by atoms with E-state index < -0.39 is 35.1 Å². The zero-order chi connectivity index (χ0) is 29.8. The number of carbonyl (C=O) groups is 2. The highest BCUT2D eigenvalue weighted by atomic mass is 35.5. The molecule has 13 heteroatoms. The maximum Gasteiger partial charge on any atom is 0.412 e. The number of nitrogen functional groups attached to an aromatic ring is 1. The summed E-state index contributed by atoms with van der Waals surface area (Å²) in [5.41, 5.74) is 4.37. The van der Waals surface area contributed by atoms with Crippen LogP contribution in [0.15, 0.2) is 54.6 Å². The molecule has 0 spiro atoms. The molecule has 3 aromatic carbocycles. The van der Waals surface area contributed by atoms with Gasteiger partial charge in [0.05, 0.1) is 38.3 Å². The lowest BCUT2D eigenvalue weighted by atomic mass is 10.2. The van der Waals surface area contributed by atoms with Gasteiger partial charge in [-0.25, -0.2) is 22.8 Å². The van der Waals surface area contributed by atoms with Crippen molar-refractivity contribution in [2.75, 3.05) is 32.4 Å². The summed E-state index contributed by atoms with van der Waals surface area (Å²) in [6.07, 6.45) is -0.704. The third-order valence-electron chi connectivity index (χ3n) is 4.45. The van der Waals surface area contributed by atoms with E-state index in [2.05, 4.69) is 14.8 Å². The van der Waals surface area contributed by atoms with Gasteiger partial charge in [-0.3, -0.25) is 5.32 Å². The third-order valence-corrected chi connectivity index (χ3v) is 4.45. The van der Waals surface area contributed by atoms with Crippen molar-refractivity contribution in [2.45, 2.75) is 26.4 Å². The van der Waals surface area contributed by atoms with E-state index in [-0.39, 0.29) is 46.6 Å². The molecule has 0 aromatic heterocycles. The molecule has 40 heavy (non-hydrogen) atoms. The number of rotatable bonds is 5. The van der Waals surface area contributed by atoms with Crippen LogP contribution < -0.4 is 25.3 Å². The molecule has 0 bridgehead atoms. The SMILES string of the molecule is COc1cccc(C(=O)O)c1F.COc1cccc(N)c1F.COc1cccc(NC(=O)OC(C)(C)C)c1F.Cl. The number of carboxylic acids is 1. The number of carbonyl (C=O) groups excluding carboxylic acids is 1. The van der Waals surface area contributed by atoms with E-state index in [0.717, 1.165) is 0 Å². The Hall–Kier alpha value is -4.32. The minimum Gasteiger partial charge on any atom is -0.494 e. The highest BCUT2D eigenvalue weighted by Gasteiger charge is 2.18. The Bertz CT molecular complexity index is 1270. The van der Waals surface area contributed by atoms with E-state index in [9.17, 15) is 22.8 Å². The van der Waals surface area contributed by atoms with E-state index in [1.54, 1.807) is 32.9 Å².